The van der Waals surface area contributed by atoms with Crippen molar-refractivity contribution in [2.24, 2.45) is 0 Å². The zero-order valence-corrected chi connectivity index (χ0v) is 17.3. The topological polar surface area (TPSA) is 107 Å². The third-order valence-corrected chi connectivity index (χ3v) is 5.43. The fourth-order valence-corrected chi connectivity index (χ4v) is 3.71. The zero-order valence-electron chi connectivity index (χ0n) is 16.5. The van der Waals surface area contributed by atoms with Crippen LogP contribution in [0.1, 0.15) is 17.3 Å². The molecule has 0 bridgehead atoms. The molecule has 30 heavy (non-hydrogen) atoms. The maximum absolute atomic E-state index is 12.7. The number of aromatic nitrogens is 1. The second-order valence-corrected chi connectivity index (χ2v) is 7.79. The van der Waals surface area contributed by atoms with Crippen molar-refractivity contribution in [2.75, 3.05) is 23.8 Å². The molecule has 156 valence electrons. The molecule has 3 rings (SSSR count). The number of ether oxygens (including phenoxy) is 2. The minimum atomic E-state index is -3.89. The van der Waals surface area contributed by atoms with Gasteiger partial charge in [0.1, 0.15) is 11.4 Å². The van der Waals surface area contributed by atoms with Gasteiger partial charge in [-0.1, -0.05) is 6.07 Å². The molecule has 3 aromatic rings. The molecule has 0 aliphatic heterocycles. The molecule has 8 nitrogen and oxygen atoms in total. The number of anilines is 2. The Morgan fingerprint density at radius 2 is 1.83 bits per heavy atom. The van der Waals surface area contributed by atoms with Crippen LogP contribution >= 0.6 is 0 Å². The normalized spacial score (nSPS) is 10.9. The number of amides is 1. The van der Waals surface area contributed by atoms with Crippen molar-refractivity contribution in [3.63, 3.8) is 0 Å². The quantitative estimate of drug-likeness (QED) is 0.569. The molecule has 9 heteroatoms. The highest BCUT2D eigenvalue weighted by atomic mass is 32.2. The van der Waals surface area contributed by atoms with E-state index in [-0.39, 0.29) is 10.5 Å². The second-order valence-electron chi connectivity index (χ2n) is 6.11. The number of carbonyl (C=O) groups excluding carboxylic acids is 1. The summed E-state index contributed by atoms with van der Waals surface area (Å²) < 4.78 is 38.4. The number of methoxy groups -OCH3 is 1. The van der Waals surface area contributed by atoms with Crippen LogP contribution in [-0.4, -0.2) is 33.0 Å². The van der Waals surface area contributed by atoms with E-state index in [9.17, 15) is 13.2 Å². The third-order valence-electron chi connectivity index (χ3n) is 4.05. The van der Waals surface area contributed by atoms with Gasteiger partial charge in [0.2, 0.25) is 5.88 Å². The fraction of sp³-hybridized carbons (Fsp3) is 0.143. The lowest BCUT2D eigenvalue weighted by atomic mass is 10.2. The highest BCUT2D eigenvalue weighted by molar-refractivity contribution is 7.92. The smallest absolute Gasteiger partial charge is 0.261 e. The maximum atomic E-state index is 12.7. The first-order chi connectivity index (χ1) is 14.4. The number of pyridine rings is 1. The van der Waals surface area contributed by atoms with Gasteiger partial charge in [-0.3, -0.25) is 9.52 Å². The molecule has 1 aromatic heterocycles. The molecular weight excluding hydrogens is 406 g/mol. The first kappa shape index (κ1) is 21.1. The summed E-state index contributed by atoms with van der Waals surface area (Å²) in [7, 11) is -2.36. The van der Waals surface area contributed by atoms with Crippen LogP contribution in [0, 0.1) is 0 Å². The van der Waals surface area contributed by atoms with E-state index in [1.165, 1.54) is 31.4 Å². The highest BCUT2D eigenvalue weighted by Gasteiger charge is 2.17. The lowest BCUT2D eigenvalue weighted by Gasteiger charge is -2.12. The van der Waals surface area contributed by atoms with Gasteiger partial charge < -0.3 is 14.8 Å². The van der Waals surface area contributed by atoms with E-state index in [2.05, 4.69) is 15.0 Å². The van der Waals surface area contributed by atoms with Crippen LogP contribution in [0.25, 0.3) is 0 Å². The summed E-state index contributed by atoms with van der Waals surface area (Å²) in [6.07, 6.45) is 1.55. The molecule has 0 fully saturated rings. The van der Waals surface area contributed by atoms with Crippen molar-refractivity contribution in [1.82, 2.24) is 4.98 Å². The van der Waals surface area contributed by atoms with Crippen molar-refractivity contribution in [3.8, 4) is 11.6 Å². The van der Waals surface area contributed by atoms with E-state index in [0.717, 1.165) is 0 Å². The van der Waals surface area contributed by atoms with Gasteiger partial charge in [-0.05, 0) is 61.5 Å². The number of rotatable bonds is 8. The Balaban J connectivity index is 1.80. The predicted octanol–water partition coefficient (Wildman–Crippen LogP) is 3.54. The molecule has 1 heterocycles. The van der Waals surface area contributed by atoms with Crippen LogP contribution in [0.4, 0.5) is 11.4 Å². The van der Waals surface area contributed by atoms with Gasteiger partial charge in [0, 0.05) is 17.4 Å². The van der Waals surface area contributed by atoms with Crippen LogP contribution in [-0.2, 0) is 10.0 Å². The summed E-state index contributed by atoms with van der Waals surface area (Å²) in [4.78, 5) is 16.7. The lowest BCUT2D eigenvalue weighted by Crippen LogP contribution is -2.16. The molecule has 0 radical (unpaired) electrons. The van der Waals surface area contributed by atoms with E-state index in [0.29, 0.717) is 29.6 Å². The van der Waals surface area contributed by atoms with E-state index < -0.39 is 15.9 Å². The van der Waals surface area contributed by atoms with Crippen LogP contribution in [0.2, 0.25) is 0 Å². The van der Waals surface area contributed by atoms with Crippen LogP contribution in [0.3, 0.4) is 0 Å². The fourth-order valence-electron chi connectivity index (χ4n) is 2.61. The monoisotopic (exact) mass is 427 g/mol. The Morgan fingerprint density at radius 1 is 1.07 bits per heavy atom. The Labute approximate surface area is 174 Å². The highest BCUT2D eigenvalue weighted by Crippen LogP contribution is 2.23. The Morgan fingerprint density at radius 3 is 2.53 bits per heavy atom. The van der Waals surface area contributed by atoms with Crippen molar-refractivity contribution in [3.05, 3.63) is 72.4 Å². The summed E-state index contributed by atoms with van der Waals surface area (Å²) in [6.45, 7) is 2.20. The number of nitrogens with one attached hydrogen (secondary N) is 2. The van der Waals surface area contributed by atoms with Crippen LogP contribution in [0.5, 0.6) is 11.6 Å². The molecule has 2 N–H and O–H groups in total. The summed E-state index contributed by atoms with van der Waals surface area (Å²) in [5, 5.41) is 2.70. The van der Waals surface area contributed by atoms with Crippen molar-refractivity contribution < 1.29 is 22.7 Å². The lowest BCUT2D eigenvalue weighted by molar-refractivity contribution is 0.102. The largest absolute Gasteiger partial charge is 0.497 e. The van der Waals surface area contributed by atoms with Crippen LogP contribution < -0.4 is 19.5 Å². The Hall–Kier alpha value is -3.59. The van der Waals surface area contributed by atoms with Crippen LogP contribution in [0.15, 0.2) is 71.8 Å². The third kappa shape index (κ3) is 5.06. The number of hydrogen-bond acceptors (Lipinski definition) is 6. The maximum Gasteiger partial charge on any atom is 0.261 e. The van der Waals surface area contributed by atoms with E-state index >= 15 is 0 Å². The summed E-state index contributed by atoms with van der Waals surface area (Å²) >= 11 is 0. The van der Waals surface area contributed by atoms with Crippen molar-refractivity contribution in [1.29, 1.82) is 0 Å². The number of hydrogen-bond donors (Lipinski definition) is 2. The van der Waals surface area contributed by atoms with E-state index in [1.807, 2.05) is 6.92 Å². The number of sulfonamides is 1. The van der Waals surface area contributed by atoms with Crippen molar-refractivity contribution >= 4 is 27.3 Å². The SMILES string of the molecule is CCOc1ncccc1NC(=O)c1cccc(S(=O)(=O)Nc2ccc(OC)cc2)c1. The first-order valence-electron chi connectivity index (χ1n) is 9.09. The Kier molecular flexibility index (Phi) is 6.53. The number of nitrogens with zero attached hydrogens (tertiary/aromatic N) is 1. The van der Waals surface area contributed by atoms with Gasteiger partial charge in [0.25, 0.3) is 15.9 Å². The number of benzene rings is 2. The van der Waals surface area contributed by atoms with E-state index in [1.54, 1.807) is 42.6 Å². The predicted molar refractivity (Wildman–Crippen MR) is 114 cm³/mol. The first-order valence-corrected chi connectivity index (χ1v) is 10.6. The zero-order chi connectivity index (χ0) is 21.6. The molecule has 0 saturated carbocycles. The van der Waals surface area contributed by atoms with Gasteiger partial charge in [-0.2, -0.15) is 0 Å². The molecule has 0 aliphatic carbocycles. The standard InChI is InChI=1S/C21H21N3O5S/c1-3-29-21-19(8-5-13-22-21)23-20(25)15-6-4-7-18(14-15)30(26,27)24-16-9-11-17(28-2)12-10-16/h4-14,24H,3H2,1-2H3,(H,23,25). The molecule has 0 atom stereocenters. The van der Waals surface area contributed by atoms with Gasteiger partial charge in [0.15, 0.2) is 0 Å². The molecule has 0 aliphatic rings. The summed E-state index contributed by atoms with van der Waals surface area (Å²) in [6, 6.07) is 15.5. The molecule has 0 spiro atoms. The van der Waals surface area contributed by atoms with Gasteiger partial charge >= 0.3 is 0 Å². The average Bonchev–Trinajstić information content (AvgIpc) is 2.75. The summed E-state index contributed by atoms with van der Waals surface area (Å²) in [5.41, 5.74) is 0.954. The molecule has 2 aromatic carbocycles. The molecular formula is C21H21N3O5S. The molecule has 0 saturated heterocycles. The second kappa shape index (κ2) is 9.27. The van der Waals surface area contributed by atoms with Gasteiger partial charge in [-0.15, -0.1) is 0 Å². The van der Waals surface area contributed by atoms with Gasteiger partial charge in [-0.25, -0.2) is 13.4 Å². The Bertz CT molecular complexity index is 1130. The average molecular weight is 427 g/mol. The number of carbonyl (C=O) groups is 1. The summed E-state index contributed by atoms with van der Waals surface area (Å²) in [5.74, 6) is 0.419. The van der Waals surface area contributed by atoms with E-state index in [4.69, 9.17) is 9.47 Å². The minimum absolute atomic E-state index is 0.0396. The molecule has 0 unspecified atom stereocenters. The van der Waals surface area contributed by atoms with Gasteiger partial charge in [0.05, 0.1) is 18.6 Å². The minimum Gasteiger partial charge on any atom is -0.497 e. The van der Waals surface area contributed by atoms with Crippen molar-refractivity contribution in [2.45, 2.75) is 11.8 Å². The molecule has 1 amide bonds.